The molecule has 2 aromatic rings. The summed E-state index contributed by atoms with van der Waals surface area (Å²) >= 11 is 1.16. The molecule has 0 aliphatic rings. The van der Waals surface area contributed by atoms with Gasteiger partial charge in [-0.15, -0.1) is 11.8 Å². The van der Waals surface area contributed by atoms with Gasteiger partial charge in [-0.05, 0) is 18.2 Å². The van der Waals surface area contributed by atoms with Gasteiger partial charge >= 0.3 is 0 Å². The molecule has 0 saturated heterocycles. The second-order valence-corrected chi connectivity index (χ2v) is 7.22. The Morgan fingerprint density at radius 2 is 1.75 bits per heavy atom. The third-order valence-electron chi connectivity index (χ3n) is 2.66. The van der Waals surface area contributed by atoms with Crippen molar-refractivity contribution in [1.29, 1.82) is 0 Å². The molecule has 106 valence electrons. The summed E-state index contributed by atoms with van der Waals surface area (Å²) in [6.45, 7) is 0. The van der Waals surface area contributed by atoms with Gasteiger partial charge in [-0.25, -0.2) is 17.2 Å². The molecule has 0 spiro atoms. The smallest absolute Gasteiger partial charge is 0.176 e. The molecule has 0 N–H and O–H groups in total. The van der Waals surface area contributed by atoms with Crippen LogP contribution in [0.1, 0.15) is 5.56 Å². The molecule has 0 bridgehead atoms. The van der Waals surface area contributed by atoms with Crippen molar-refractivity contribution in [2.24, 2.45) is 0 Å². The normalized spacial score (nSPS) is 11.6. The lowest BCUT2D eigenvalue weighted by Crippen LogP contribution is -1.99. The molecule has 2 rings (SSSR count). The molecule has 0 saturated carbocycles. The van der Waals surface area contributed by atoms with E-state index < -0.39 is 21.5 Å². The fourth-order valence-corrected chi connectivity index (χ4v) is 4.00. The summed E-state index contributed by atoms with van der Waals surface area (Å²) in [5, 5.41) is 0. The van der Waals surface area contributed by atoms with Gasteiger partial charge in [-0.2, -0.15) is 0 Å². The van der Waals surface area contributed by atoms with Crippen molar-refractivity contribution < 1.29 is 17.2 Å². The first-order valence-electron chi connectivity index (χ1n) is 5.74. The van der Waals surface area contributed by atoms with Crippen molar-refractivity contribution in [1.82, 2.24) is 0 Å². The van der Waals surface area contributed by atoms with Crippen LogP contribution in [0.5, 0.6) is 0 Å². The van der Waals surface area contributed by atoms with Gasteiger partial charge in [0.1, 0.15) is 0 Å². The van der Waals surface area contributed by atoms with Gasteiger partial charge in [0.25, 0.3) is 0 Å². The number of hydrogen-bond acceptors (Lipinski definition) is 3. The van der Waals surface area contributed by atoms with Crippen molar-refractivity contribution >= 4 is 21.6 Å². The number of rotatable bonds is 4. The zero-order valence-electron chi connectivity index (χ0n) is 10.6. The van der Waals surface area contributed by atoms with E-state index in [0.717, 1.165) is 24.1 Å². The van der Waals surface area contributed by atoms with Gasteiger partial charge in [0.2, 0.25) is 0 Å². The van der Waals surface area contributed by atoms with Gasteiger partial charge in [0.05, 0.1) is 4.90 Å². The molecular weight excluding hydrogens is 302 g/mol. The summed E-state index contributed by atoms with van der Waals surface area (Å²) < 4.78 is 49.9. The standard InChI is InChI=1S/C14H12F2O2S2/c1-20(17,18)13-8-3-2-7-12(13)19-9-10-5-4-6-11(15)14(10)16/h2-8H,9H2,1H3. The maximum absolute atomic E-state index is 13.5. The zero-order valence-corrected chi connectivity index (χ0v) is 12.3. The van der Waals surface area contributed by atoms with Gasteiger partial charge in [-0.1, -0.05) is 24.3 Å². The first kappa shape index (κ1) is 15.0. The van der Waals surface area contributed by atoms with E-state index in [9.17, 15) is 17.2 Å². The largest absolute Gasteiger partial charge is 0.224 e. The van der Waals surface area contributed by atoms with E-state index in [1.54, 1.807) is 18.2 Å². The molecule has 0 unspecified atom stereocenters. The minimum atomic E-state index is -3.34. The van der Waals surface area contributed by atoms with E-state index in [2.05, 4.69) is 0 Å². The van der Waals surface area contributed by atoms with E-state index in [1.807, 2.05) is 0 Å². The monoisotopic (exact) mass is 314 g/mol. The molecule has 0 aliphatic heterocycles. The van der Waals surface area contributed by atoms with Crippen molar-refractivity contribution in [3.8, 4) is 0 Å². The van der Waals surface area contributed by atoms with Crippen LogP contribution < -0.4 is 0 Å². The van der Waals surface area contributed by atoms with E-state index >= 15 is 0 Å². The number of hydrogen-bond donors (Lipinski definition) is 0. The highest BCUT2D eigenvalue weighted by Crippen LogP contribution is 2.30. The van der Waals surface area contributed by atoms with Crippen molar-refractivity contribution in [3.05, 3.63) is 59.7 Å². The molecule has 2 nitrogen and oxygen atoms in total. The maximum Gasteiger partial charge on any atom is 0.176 e. The second kappa shape index (κ2) is 5.93. The number of halogens is 2. The summed E-state index contributed by atoms with van der Waals surface area (Å²) in [7, 11) is -3.34. The van der Waals surface area contributed by atoms with Crippen LogP contribution in [0, 0.1) is 11.6 Å². The summed E-state index contributed by atoms with van der Waals surface area (Å²) in [4.78, 5) is 0.723. The third kappa shape index (κ3) is 3.37. The Morgan fingerprint density at radius 3 is 2.45 bits per heavy atom. The minimum Gasteiger partial charge on any atom is -0.224 e. The van der Waals surface area contributed by atoms with Crippen molar-refractivity contribution in [2.45, 2.75) is 15.5 Å². The Bertz CT molecular complexity index is 728. The molecule has 0 heterocycles. The van der Waals surface area contributed by atoms with Crippen LogP contribution in [0.4, 0.5) is 8.78 Å². The predicted molar refractivity (Wildman–Crippen MR) is 75.5 cm³/mol. The van der Waals surface area contributed by atoms with Crippen LogP contribution in [0.25, 0.3) is 0 Å². The van der Waals surface area contributed by atoms with Crippen molar-refractivity contribution in [3.63, 3.8) is 0 Å². The topological polar surface area (TPSA) is 34.1 Å². The van der Waals surface area contributed by atoms with E-state index in [-0.39, 0.29) is 16.2 Å². The SMILES string of the molecule is CS(=O)(=O)c1ccccc1SCc1cccc(F)c1F. The lowest BCUT2D eigenvalue weighted by atomic mass is 10.2. The number of sulfone groups is 1. The predicted octanol–water partition coefficient (Wildman–Crippen LogP) is 3.66. The molecule has 0 atom stereocenters. The maximum atomic E-state index is 13.5. The van der Waals surface area contributed by atoms with Gasteiger partial charge in [0, 0.05) is 22.5 Å². The molecule has 0 fully saturated rings. The Hall–Kier alpha value is -1.40. The first-order chi connectivity index (χ1) is 9.39. The van der Waals surface area contributed by atoms with Crippen molar-refractivity contribution in [2.75, 3.05) is 6.26 Å². The molecule has 0 aromatic heterocycles. The zero-order chi connectivity index (χ0) is 14.8. The second-order valence-electron chi connectivity index (χ2n) is 4.22. The average molecular weight is 314 g/mol. The van der Waals surface area contributed by atoms with Gasteiger partial charge in [-0.3, -0.25) is 0 Å². The van der Waals surface area contributed by atoms with Gasteiger partial charge in [0.15, 0.2) is 21.5 Å². The van der Waals surface area contributed by atoms with Crippen LogP contribution >= 0.6 is 11.8 Å². The van der Waals surface area contributed by atoms with E-state index in [1.165, 1.54) is 18.2 Å². The number of thioether (sulfide) groups is 1. The van der Waals surface area contributed by atoms with Gasteiger partial charge < -0.3 is 0 Å². The molecule has 20 heavy (non-hydrogen) atoms. The Kier molecular flexibility index (Phi) is 4.45. The highest BCUT2D eigenvalue weighted by molar-refractivity contribution is 7.99. The quantitative estimate of drug-likeness (QED) is 0.808. The fraction of sp³-hybridized carbons (Fsp3) is 0.143. The molecule has 0 aliphatic carbocycles. The summed E-state index contributed by atoms with van der Waals surface area (Å²) in [6.07, 6.45) is 1.12. The summed E-state index contributed by atoms with van der Waals surface area (Å²) in [5.41, 5.74) is 0.207. The third-order valence-corrected chi connectivity index (χ3v) is 5.07. The Labute approximate surface area is 120 Å². The minimum absolute atomic E-state index is 0.163. The molecule has 0 radical (unpaired) electrons. The summed E-state index contributed by atoms with van der Waals surface area (Å²) in [5.74, 6) is -1.63. The summed E-state index contributed by atoms with van der Waals surface area (Å²) in [6, 6.07) is 10.4. The first-order valence-corrected chi connectivity index (χ1v) is 8.62. The molecule has 0 amide bonds. The highest BCUT2D eigenvalue weighted by Gasteiger charge is 2.14. The highest BCUT2D eigenvalue weighted by atomic mass is 32.2. The fourth-order valence-electron chi connectivity index (χ4n) is 1.69. The van der Waals surface area contributed by atoms with Crippen LogP contribution in [0.3, 0.4) is 0 Å². The molecular formula is C14H12F2O2S2. The molecule has 6 heteroatoms. The lowest BCUT2D eigenvalue weighted by Gasteiger charge is -2.08. The Balaban J connectivity index is 2.26. The molecule has 2 aromatic carbocycles. The van der Waals surface area contributed by atoms with E-state index in [4.69, 9.17) is 0 Å². The van der Waals surface area contributed by atoms with Crippen LogP contribution in [-0.4, -0.2) is 14.7 Å². The van der Waals surface area contributed by atoms with E-state index in [0.29, 0.717) is 4.90 Å². The van der Waals surface area contributed by atoms with Crippen LogP contribution in [-0.2, 0) is 15.6 Å². The van der Waals surface area contributed by atoms with Crippen LogP contribution in [0.15, 0.2) is 52.3 Å². The number of benzene rings is 2. The average Bonchev–Trinajstić information content (AvgIpc) is 2.40. The Morgan fingerprint density at radius 1 is 1.05 bits per heavy atom. The lowest BCUT2D eigenvalue weighted by molar-refractivity contribution is 0.502. The van der Waals surface area contributed by atoms with Crippen LogP contribution in [0.2, 0.25) is 0 Å².